The van der Waals surface area contributed by atoms with Crippen LogP contribution in [0.1, 0.15) is 11.3 Å². The fourth-order valence-electron chi connectivity index (χ4n) is 1.18. The first-order valence-electron chi connectivity index (χ1n) is 4.79. The minimum atomic E-state index is -4.55. The van der Waals surface area contributed by atoms with Crippen molar-refractivity contribution in [1.82, 2.24) is 15.1 Å². The van der Waals surface area contributed by atoms with Crippen LogP contribution in [0.4, 0.5) is 13.2 Å². The first-order chi connectivity index (χ1) is 7.40. The largest absolute Gasteiger partial charge is 0.522 e. The maximum Gasteiger partial charge on any atom is 0.522 e. The third-order valence-electron chi connectivity index (χ3n) is 2.20. The molecule has 0 radical (unpaired) electrons. The van der Waals surface area contributed by atoms with E-state index in [0.717, 1.165) is 11.3 Å². The van der Waals surface area contributed by atoms with Crippen LogP contribution in [-0.2, 0) is 18.3 Å². The first kappa shape index (κ1) is 13.0. The minimum absolute atomic E-state index is 0.147. The van der Waals surface area contributed by atoms with Crippen molar-refractivity contribution in [3.8, 4) is 0 Å². The van der Waals surface area contributed by atoms with Crippen molar-refractivity contribution in [2.24, 2.45) is 7.05 Å². The number of halogens is 3. The van der Waals surface area contributed by atoms with Gasteiger partial charge in [-0.2, -0.15) is 5.10 Å². The molecular weight excluding hydrogens is 223 g/mol. The lowest BCUT2D eigenvalue weighted by atomic mass is 10.2. The van der Waals surface area contributed by atoms with Gasteiger partial charge >= 0.3 is 6.36 Å². The van der Waals surface area contributed by atoms with Crippen molar-refractivity contribution in [2.45, 2.75) is 19.8 Å². The summed E-state index contributed by atoms with van der Waals surface area (Å²) in [5.41, 5.74) is 1.96. The van der Waals surface area contributed by atoms with Crippen LogP contribution in [0, 0.1) is 6.92 Å². The van der Waals surface area contributed by atoms with E-state index >= 15 is 0 Å². The van der Waals surface area contributed by atoms with Gasteiger partial charge in [-0.3, -0.25) is 9.42 Å². The van der Waals surface area contributed by atoms with E-state index in [9.17, 15) is 13.2 Å². The minimum Gasteiger partial charge on any atom is -0.310 e. The summed E-state index contributed by atoms with van der Waals surface area (Å²) >= 11 is 0. The summed E-state index contributed by atoms with van der Waals surface area (Å²) in [6.45, 7) is 2.15. The Morgan fingerprint density at radius 1 is 1.50 bits per heavy atom. The monoisotopic (exact) mass is 237 g/mol. The number of ether oxygens (including phenoxy) is 1. The second-order valence-electron chi connectivity index (χ2n) is 3.35. The average Bonchev–Trinajstić information content (AvgIpc) is 2.47. The summed E-state index contributed by atoms with van der Waals surface area (Å²) < 4.78 is 40.2. The lowest BCUT2D eigenvalue weighted by molar-refractivity contribution is -0.323. The molecule has 0 aliphatic heterocycles. The molecule has 92 valence electrons. The Balaban J connectivity index is 2.19. The highest BCUT2D eigenvalue weighted by atomic mass is 19.4. The van der Waals surface area contributed by atoms with E-state index in [1.54, 1.807) is 10.9 Å². The number of aromatic nitrogens is 2. The first-order valence-corrected chi connectivity index (χ1v) is 4.79. The predicted molar refractivity (Wildman–Crippen MR) is 51.7 cm³/mol. The highest BCUT2D eigenvalue weighted by molar-refractivity contribution is 5.15. The van der Waals surface area contributed by atoms with E-state index in [1.165, 1.54) is 0 Å². The standard InChI is InChI=1S/C9H14F3N3O/c1-7-8(6-14-15(7)2)5-13-3-4-16-9(10,11)12/h6,13H,3-5H2,1-2H3. The summed E-state index contributed by atoms with van der Waals surface area (Å²) in [6, 6.07) is 0. The number of hydrogen-bond acceptors (Lipinski definition) is 3. The number of nitrogens with one attached hydrogen (secondary N) is 1. The van der Waals surface area contributed by atoms with Crippen LogP contribution in [0.3, 0.4) is 0 Å². The molecule has 0 amide bonds. The van der Waals surface area contributed by atoms with Crippen molar-refractivity contribution in [3.63, 3.8) is 0 Å². The van der Waals surface area contributed by atoms with Gasteiger partial charge in [0.15, 0.2) is 0 Å². The van der Waals surface area contributed by atoms with Crippen molar-refractivity contribution in [1.29, 1.82) is 0 Å². The summed E-state index contributed by atoms with van der Waals surface area (Å²) in [6.07, 6.45) is -2.86. The second-order valence-corrected chi connectivity index (χ2v) is 3.35. The Kier molecular flexibility index (Phi) is 4.31. The van der Waals surface area contributed by atoms with Gasteiger partial charge in [-0.15, -0.1) is 13.2 Å². The molecule has 7 heteroatoms. The Labute approximate surface area is 91.4 Å². The SMILES string of the molecule is Cc1c(CNCCOC(F)(F)F)cnn1C. The maximum atomic E-state index is 11.6. The van der Waals surface area contributed by atoms with Crippen molar-refractivity contribution >= 4 is 0 Å². The van der Waals surface area contributed by atoms with Crippen LogP contribution in [0.2, 0.25) is 0 Å². The number of hydrogen-bond donors (Lipinski definition) is 1. The van der Waals surface area contributed by atoms with Gasteiger partial charge in [0.1, 0.15) is 0 Å². The molecule has 0 bridgehead atoms. The van der Waals surface area contributed by atoms with Crippen molar-refractivity contribution < 1.29 is 17.9 Å². The Morgan fingerprint density at radius 2 is 2.19 bits per heavy atom. The molecule has 1 aromatic heterocycles. The molecule has 0 atom stereocenters. The second kappa shape index (κ2) is 5.31. The van der Waals surface area contributed by atoms with Gasteiger partial charge in [-0.1, -0.05) is 0 Å². The molecule has 0 saturated carbocycles. The Morgan fingerprint density at radius 3 is 2.69 bits per heavy atom. The fraction of sp³-hybridized carbons (Fsp3) is 0.667. The highest BCUT2D eigenvalue weighted by Gasteiger charge is 2.28. The van der Waals surface area contributed by atoms with E-state index < -0.39 is 6.36 Å². The Hall–Kier alpha value is -1.08. The molecule has 0 fully saturated rings. The molecule has 0 saturated heterocycles. The Bertz CT molecular complexity index is 335. The number of alkyl halides is 3. The molecule has 0 spiro atoms. The third kappa shape index (κ3) is 4.19. The molecule has 16 heavy (non-hydrogen) atoms. The van der Waals surface area contributed by atoms with Crippen LogP contribution in [0.5, 0.6) is 0 Å². The molecular formula is C9H14F3N3O. The molecule has 4 nitrogen and oxygen atoms in total. The molecule has 0 aliphatic carbocycles. The molecule has 1 heterocycles. The zero-order valence-electron chi connectivity index (χ0n) is 9.14. The van der Waals surface area contributed by atoms with Gasteiger partial charge in [0.05, 0.1) is 12.8 Å². The molecule has 1 aromatic rings. The smallest absolute Gasteiger partial charge is 0.310 e. The van der Waals surface area contributed by atoms with Gasteiger partial charge in [0, 0.05) is 31.4 Å². The van der Waals surface area contributed by atoms with Crippen LogP contribution in [0.15, 0.2) is 6.20 Å². The predicted octanol–water partition coefficient (Wildman–Crippen LogP) is 1.35. The van der Waals surface area contributed by atoms with E-state index in [2.05, 4.69) is 15.2 Å². The zero-order valence-corrected chi connectivity index (χ0v) is 9.14. The quantitative estimate of drug-likeness (QED) is 0.786. The van der Waals surface area contributed by atoms with Crippen LogP contribution in [-0.4, -0.2) is 29.3 Å². The van der Waals surface area contributed by atoms with Gasteiger partial charge in [-0.25, -0.2) is 0 Å². The van der Waals surface area contributed by atoms with E-state index in [-0.39, 0.29) is 13.2 Å². The van der Waals surface area contributed by atoms with Gasteiger partial charge < -0.3 is 5.32 Å². The molecule has 1 N–H and O–H groups in total. The topological polar surface area (TPSA) is 39.1 Å². The molecule has 0 aliphatic rings. The molecule has 0 aromatic carbocycles. The highest BCUT2D eigenvalue weighted by Crippen LogP contribution is 2.15. The number of rotatable bonds is 5. The van der Waals surface area contributed by atoms with E-state index in [0.29, 0.717) is 6.54 Å². The lowest BCUT2D eigenvalue weighted by Gasteiger charge is -2.08. The summed E-state index contributed by atoms with van der Waals surface area (Å²) in [5, 5.41) is 6.87. The average molecular weight is 237 g/mol. The van der Waals surface area contributed by atoms with E-state index in [1.807, 2.05) is 14.0 Å². The molecule has 1 rings (SSSR count). The third-order valence-corrected chi connectivity index (χ3v) is 2.20. The van der Waals surface area contributed by atoms with Crippen LogP contribution >= 0.6 is 0 Å². The number of nitrogens with zero attached hydrogens (tertiary/aromatic N) is 2. The van der Waals surface area contributed by atoms with Gasteiger partial charge in [0.25, 0.3) is 0 Å². The van der Waals surface area contributed by atoms with E-state index in [4.69, 9.17) is 0 Å². The normalized spacial score (nSPS) is 12.1. The zero-order chi connectivity index (χ0) is 12.2. The van der Waals surface area contributed by atoms with Crippen molar-refractivity contribution in [3.05, 3.63) is 17.5 Å². The summed E-state index contributed by atoms with van der Waals surface area (Å²) in [7, 11) is 1.81. The number of aryl methyl sites for hydroxylation is 1. The molecule has 0 unspecified atom stereocenters. The van der Waals surface area contributed by atoms with Crippen molar-refractivity contribution in [2.75, 3.05) is 13.2 Å². The summed E-state index contributed by atoms with van der Waals surface area (Å²) in [4.78, 5) is 0. The maximum absolute atomic E-state index is 11.6. The van der Waals surface area contributed by atoms with Gasteiger partial charge in [0.2, 0.25) is 0 Å². The fourth-order valence-corrected chi connectivity index (χ4v) is 1.18. The summed E-state index contributed by atoms with van der Waals surface area (Å²) in [5.74, 6) is 0. The van der Waals surface area contributed by atoms with Crippen LogP contribution in [0.25, 0.3) is 0 Å². The van der Waals surface area contributed by atoms with Gasteiger partial charge in [-0.05, 0) is 6.92 Å². The lowest BCUT2D eigenvalue weighted by Crippen LogP contribution is -2.24. The van der Waals surface area contributed by atoms with Crippen LogP contribution < -0.4 is 5.32 Å².